The highest BCUT2D eigenvalue weighted by molar-refractivity contribution is 5.96. The lowest BCUT2D eigenvalue weighted by Gasteiger charge is -2.20. The number of hydrogen-bond donors (Lipinski definition) is 2. The van der Waals surface area contributed by atoms with E-state index in [4.69, 9.17) is 0 Å². The molecule has 1 aromatic heterocycles. The van der Waals surface area contributed by atoms with E-state index in [1.165, 1.54) is 11.5 Å². The molecular weight excluding hydrogens is 440 g/mol. The predicted molar refractivity (Wildman–Crippen MR) is 140 cm³/mol. The van der Waals surface area contributed by atoms with Crippen molar-refractivity contribution in [2.24, 2.45) is 0 Å². The Kier molecular flexibility index (Phi) is 6.51. The molecule has 7 nitrogen and oxygen atoms in total. The Morgan fingerprint density at radius 2 is 1.66 bits per heavy atom. The van der Waals surface area contributed by atoms with E-state index in [9.17, 15) is 14.4 Å². The number of benzene rings is 3. The second-order valence-corrected chi connectivity index (χ2v) is 8.77. The molecule has 0 saturated heterocycles. The molecule has 0 fully saturated rings. The Labute approximate surface area is 203 Å². The number of anilines is 2. The molecule has 0 spiro atoms. The minimum atomic E-state index is -0.817. The van der Waals surface area contributed by atoms with Gasteiger partial charge in [-0.15, -0.1) is 0 Å². The molecular formula is C28H28N4O3. The van der Waals surface area contributed by atoms with Crippen molar-refractivity contribution in [3.63, 3.8) is 0 Å². The Bertz CT molecular complexity index is 1520. The van der Waals surface area contributed by atoms with Crippen molar-refractivity contribution in [1.82, 2.24) is 9.55 Å². The van der Waals surface area contributed by atoms with Gasteiger partial charge in [0.15, 0.2) is 0 Å². The van der Waals surface area contributed by atoms with Crippen molar-refractivity contribution in [3.8, 4) is 11.3 Å². The van der Waals surface area contributed by atoms with Gasteiger partial charge in [-0.05, 0) is 69.2 Å². The molecule has 35 heavy (non-hydrogen) atoms. The molecule has 2 N–H and O–H groups in total. The quantitative estimate of drug-likeness (QED) is 0.424. The first-order chi connectivity index (χ1) is 16.7. The summed E-state index contributed by atoms with van der Waals surface area (Å²) in [6, 6.07) is 17.5. The zero-order chi connectivity index (χ0) is 25.3. The van der Waals surface area contributed by atoms with Gasteiger partial charge in [-0.3, -0.25) is 19.0 Å². The lowest BCUT2D eigenvalue weighted by atomic mass is 10.1. The summed E-state index contributed by atoms with van der Waals surface area (Å²) >= 11 is 0. The van der Waals surface area contributed by atoms with E-state index in [0.717, 1.165) is 16.7 Å². The summed E-state index contributed by atoms with van der Waals surface area (Å²) in [6.07, 6.45) is 0. The van der Waals surface area contributed by atoms with E-state index in [-0.39, 0.29) is 17.5 Å². The predicted octanol–water partition coefficient (Wildman–Crippen LogP) is 5.15. The fraction of sp³-hybridized carbons (Fsp3) is 0.214. The van der Waals surface area contributed by atoms with Gasteiger partial charge in [-0.2, -0.15) is 0 Å². The largest absolute Gasteiger partial charge is 0.326 e. The molecule has 3 aromatic carbocycles. The molecule has 1 unspecified atom stereocenters. The lowest BCUT2D eigenvalue weighted by molar-refractivity contribution is -0.118. The van der Waals surface area contributed by atoms with Crippen molar-refractivity contribution in [2.75, 3.05) is 10.6 Å². The van der Waals surface area contributed by atoms with Crippen LogP contribution >= 0.6 is 0 Å². The van der Waals surface area contributed by atoms with Crippen LogP contribution in [-0.2, 0) is 9.59 Å². The van der Waals surface area contributed by atoms with Gasteiger partial charge in [0.1, 0.15) is 11.7 Å². The van der Waals surface area contributed by atoms with Crippen molar-refractivity contribution in [1.29, 1.82) is 0 Å². The summed E-state index contributed by atoms with van der Waals surface area (Å²) in [7, 11) is 0. The van der Waals surface area contributed by atoms with Gasteiger partial charge in [-0.25, -0.2) is 4.98 Å². The standard InChI is InChI=1S/C28H28N4O3/c1-16-13-14-23(29-20(5)33)21(15-16)26-28(35)32(25-12-7-6-10-24(25)30-26)19(4)27(34)31-22-11-8-9-17(2)18(22)3/h6-15,19H,1-5H3,(H,29,33)(H,31,34). The highest BCUT2D eigenvalue weighted by Gasteiger charge is 2.23. The first-order valence-electron chi connectivity index (χ1n) is 11.4. The summed E-state index contributed by atoms with van der Waals surface area (Å²) in [4.78, 5) is 43.6. The Balaban J connectivity index is 1.88. The minimum absolute atomic E-state index is 0.169. The summed E-state index contributed by atoms with van der Waals surface area (Å²) < 4.78 is 1.47. The van der Waals surface area contributed by atoms with Crippen LogP contribution in [-0.4, -0.2) is 21.4 Å². The minimum Gasteiger partial charge on any atom is -0.326 e. The van der Waals surface area contributed by atoms with Crippen LogP contribution in [0.1, 0.15) is 36.6 Å². The van der Waals surface area contributed by atoms with Gasteiger partial charge in [0, 0.05) is 18.2 Å². The van der Waals surface area contributed by atoms with E-state index < -0.39 is 11.6 Å². The Morgan fingerprint density at radius 1 is 0.914 bits per heavy atom. The second kappa shape index (κ2) is 9.54. The first kappa shape index (κ1) is 23.9. The second-order valence-electron chi connectivity index (χ2n) is 8.77. The van der Waals surface area contributed by atoms with E-state index in [0.29, 0.717) is 28.0 Å². The molecule has 0 bridgehead atoms. The van der Waals surface area contributed by atoms with E-state index in [1.807, 2.05) is 63.2 Å². The number of carbonyl (C=O) groups excluding carboxylic acids is 2. The monoisotopic (exact) mass is 468 g/mol. The highest BCUT2D eigenvalue weighted by Crippen LogP contribution is 2.28. The van der Waals surface area contributed by atoms with Crippen LogP contribution in [0.4, 0.5) is 11.4 Å². The topological polar surface area (TPSA) is 93.1 Å². The molecule has 7 heteroatoms. The van der Waals surface area contributed by atoms with Gasteiger partial charge in [-0.1, -0.05) is 35.9 Å². The number of carbonyl (C=O) groups is 2. The van der Waals surface area contributed by atoms with Crippen molar-refractivity contribution in [2.45, 2.75) is 40.7 Å². The molecule has 0 saturated carbocycles. The number of amides is 2. The molecule has 0 aliphatic rings. The van der Waals surface area contributed by atoms with Crippen LogP contribution in [0.3, 0.4) is 0 Å². The summed E-state index contributed by atoms with van der Waals surface area (Å²) in [5, 5.41) is 5.75. The number of aryl methyl sites for hydroxylation is 2. The van der Waals surface area contributed by atoms with E-state index in [1.54, 1.807) is 25.1 Å². The van der Waals surface area contributed by atoms with Crippen LogP contribution < -0.4 is 16.2 Å². The molecule has 178 valence electrons. The number of fused-ring (bicyclic) bond motifs is 1. The third-order valence-corrected chi connectivity index (χ3v) is 6.17. The summed E-state index contributed by atoms with van der Waals surface area (Å²) in [5.74, 6) is -0.563. The number of para-hydroxylation sites is 2. The molecule has 4 aromatic rings. The fourth-order valence-electron chi connectivity index (χ4n) is 4.11. The Morgan fingerprint density at radius 3 is 2.40 bits per heavy atom. The van der Waals surface area contributed by atoms with Crippen LogP contribution in [0.2, 0.25) is 0 Å². The maximum absolute atomic E-state index is 13.9. The lowest BCUT2D eigenvalue weighted by Crippen LogP contribution is -2.33. The molecule has 2 amide bonds. The van der Waals surface area contributed by atoms with Crippen LogP contribution in [0.15, 0.2) is 65.5 Å². The maximum atomic E-state index is 13.9. The first-order valence-corrected chi connectivity index (χ1v) is 11.4. The molecule has 4 rings (SSSR count). The third-order valence-electron chi connectivity index (χ3n) is 6.17. The van der Waals surface area contributed by atoms with Gasteiger partial charge in [0.2, 0.25) is 11.8 Å². The van der Waals surface area contributed by atoms with Crippen LogP contribution in [0.5, 0.6) is 0 Å². The van der Waals surface area contributed by atoms with Gasteiger partial charge in [0.05, 0.1) is 16.7 Å². The van der Waals surface area contributed by atoms with Gasteiger partial charge in [0.25, 0.3) is 5.56 Å². The third kappa shape index (κ3) is 4.71. The molecule has 0 aliphatic heterocycles. The number of hydrogen-bond acceptors (Lipinski definition) is 4. The summed E-state index contributed by atoms with van der Waals surface area (Å²) in [5.41, 5.74) is 5.54. The van der Waals surface area contributed by atoms with Crippen molar-refractivity contribution in [3.05, 3.63) is 87.7 Å². The van der Waals surface area contributed by atoms with Crippen LogP contribution in [0.25, 0.3) is 22.3 Å². The zero-order valence-corrected chi connectivity index (χ0v) is 20.5. The SMILES string of the molecule is CC(=O)Nc1ccc(C)cc1-c1nc2ccccc2n(C(C)C(=O)Nc2cccc(C)c2C)c1=O. The highest BCUT2D eigenvalue weighted by atomic mass is 16.2. The number of rotatable bonds is 5. The average Bonchev–Trinajstić information content (AvgIpc) is 2.82. The smallest absolute Gasteiger partial charge is 0.278 e. The van der Waals surface area contributed by atoms with Gasteiger partial charge < -0.3 is 10.6 Å². The maximum Gasteiger partial charge on any atom is 0.278 e. The van der Waals surface area contributed by atoms with Gasteiger partial charge >= 0.3 is 0 Å². The number of nitrogens with one attached hydrogen (secondary N) is 2. The van der Waals surface area contributed by atoms with E-state index >= 15 is 0 Å². The zero-order valence-electron chi connectivity index (χ0n) is 20.5. The molecule has 1 atom stereocenters. The normalized spacial score (nSPS) is 11.8. The fourth-order valence-corrected chi connectivity index (χ4v) is 4.11. The summed E-state index contributed by atoms with van der Waals surface area (Å²) in [6.45, 7) is 8.94. The Hall–Kier alpha value is -4.26. The molecule has 0 aliphatic carbocycles. The van der Waals surface area contributed by atoms with E-state index in [2.05, 4.69) is 15.6 Å². The van der Waals surface area contributed by atoms with Crippen LogP contribution in [0, 0.1) is 20.8 Å². The van der Waals surface area contributed by atoms with Crippen molar-refractivity contribution >= 4 is 34.2 Å². The molecule has 0 radical (unpaired) electrons. The average molecular weight is 469 g/mol. The molecule has 1 heterocycles. The number of nitrogens with zero attached hydrogens (tertiary/aromatic N) is 2. The number of aromatic nitrogens is 2. The van der Waals surface area contributed by atoms with Crippen molar-refractivity contribution < 1.29 is 9.59 Å².